The second kappa shape index (κ2) is 8.70. The number of amides is 1. The van der Waals surface area contributed by atoms with Gasteiger partial charge in [-0.3, -0.25) is 9.48 Å². The van der Waals surface area contributed by atoms with E-state index in [2.05, 4.69) is 16.5 Å². The monoisotopic (exact) mass is 336 g/mol. The highest BCUT2D eigenvalue weighted by Gasteiger charge is 2.08. The number of aromatic nitrogens is 2. The minimum absolute atomic E-state index is 0. The zero-order valence-corrected chi connectivity index (χ0v) is 14.7. The molecule has 0 aliphatic carbocycles. The summed E-state index contributed by atoms with van der Waals surface area (Å²) in [4.78, 5) is 12.0. The third-order valence-corrected chi connectivity index (χ3v) is 3.67. The Kier molecular flexibility index (Phi) is 7.26. The Hall–Kier alpha value is -1.85. The van der Waals surface area contributed by atoms with E-state index < -0.39 is 0 Å². The molecule has 1 aromatic carbocycles. The van der Waals surface area contributed by atoms with Crippen LogP contribution in [-0.2, 0) is 6.54 Å². The van der Waals surface area contributed by atoms with E-state index in [0.717, 1.165) is 17.0 Å². The zero-order valence-electron chi connectivity index (χ0n) is 13.9. The van der Waals surface area contributed by atoms with Gasteiger partial charge in [-0.25, -0.2) is 0 Å². The molecule has 1 aromatic heterocycles. The number of nitrogens with zero attached hydrogens (tertiary/aromatic N) is 2. The zero-order chi connectivity index (χ0) is 16.1. The maximum atomic E-state index is 12.0. The summed E-state index contributed by atoms with van der Waals surface area (Å²) in [6, 6.07) is 9.70. The van der Waals surface area contributed by atoms with Gasteiger partial charge in [0.05, 0.1) is 12.2 Å². The molecule has 1 unspecified atom stereocenters. The van der Waals surface area contributed by atoms with Gasteiger partial charge in [0.25, 0.3) is 5.91 Å². The molecule has 0 saturated heterocycles. The highest BCUT2D eigenvalue weighted by atomic mass is 35.5. The van der Waals surface area contributed by atoms with Crippen molar-refractivity contribution in [2.24, 2.45) is 11.7 Å². The Morgan fingerprint density at radius 3 is 2.48 bits per heavy atom. The molecule has 1 amide bonds. The Morgan fingerprint density at radius 1 is 1.30 bits per heavy atom. The number of aryl methyl sites for hydroxylation is 2. The van der Waals surface area contributed by atoms with Crippen molar-refractivity contribution in [3.05, 3.63) is 52.8 Å². The molecular weight excluding hydrogens is 312 g/mol. The van der Waals surface area contributed by atoms with Crippen LogP contribution in [0.1, 0.15) is 34.2 Å². The van der Waals surface area contributed by atoms with Gasteiger partial charge in [-0.1, -0.05) is 19.1 Å². The van der Waals surface area contributed by atoms with Gasteiger partial charge >= 0.3 is 0 Å². The first-order valence-electron chi connectivity index (χ1n) is 7.58. The van der Waals surface area contributed by atoms with Crippen molar-refractivity contribution < 1.29 is 4.79 Å². The van der Waals surface area contributed by atoms with Crippen molar-refractivity contribution in [1.82, 2.24) is 15.1 Å². The van der Waals surface area contributed by atoms with Crippen LogP contribution in [0.25, 0.3) is 0 Å². The van der Waals surface area contributed by atoms with Gasteiger partial charge in [-0.15, -0.1) is 12.4 Å². The number of benzene rings is 1. The summed E-state index contributed by atoms with van der Waals surface area (Å²) in [5.41, 5.74) is 9.49. The average molecular weight is 337 g/mol. The van der Waals surface area contributed by atoms with Crippen molar-refractivity contribution in [2.45, 2.75) is 27.3 Å². The van der Waals surface area contributed by atoms with Crippen LogP contribution < -0.4 is 11.1 Å². The first-order valence-corrected chi connectivity index (χ1v) is 7.58. The molecule has 0 radical (unpaired) electrons. The van der Waals surface area contributed by atoms with E-state index in [4.69, 9.17) is 5.73 Å². The molecule has 1 atom stereocenters. The molecule has 3 N–H and O–H groups in total. The first-order chi connectivity index (χ1) is 10.5. The molecule has 23 heavy (non-hydrogen) atoms. The lowest BCUT2D eigenvalue weighted by atomic mass is 10.1. The van der Waals surface area contributed by atoms with Crippen molar-refractivity contribution in [3.8, 4) is 0 Å². The Bertz CT molecular complexity index is 637. The molecule has 0 fully saturated rings. The van der Waals surface area contributed by atoms with Crippen LogP contribution in [0.2, 0.25) is 0 Å². The lowest BCUT2D eigenvalue weighted by Gasteiger charge is -2.10. The van der Waals surface area contributed by atoms with E-state index in [9.17, 15) is 4.79 Å². The van der Waals surface area contributed by atoms with Crippen molar-refractivity contribution in [3.63, 3.8) is 0 Å². The normalized spacial score (nSPS) is 11.7. The summed E-state index contributed by atoms with van der Waals surface area (Å²) in [6.07, 6.45) is 0. The van der Waals surface area contributed by atoms with Crippen molar-refractivity contribution in [1.29, 1.82) is 0 Å². The van der Waals surface area contributed by atoms with Crippen LogP contribution >= 0.6 is 12.4 Å². The number of carbonyl (C=O) groups excluding carboxylic acids is 1. The van der Waals surface area contributed by atoms with Gasteiger partial charge in [0.1, 0.15) is 0 Å². The summed E-state index contributed by atoms with van der Waals surface area (Å²) in [5, 5.41) is 7.34. The second-order valence-electron chi connectivity index (χ2n) is 5.83. The largest absolute Gasteiger partial charge is 0.352 e. The number of halogens is 1. The summed E-state index contributed by atoms with van der Waals surface area (Å²) in [5.74, 6) is 0.229. The van der Waals surface area contributed by atoms with Gasteiger partial charge < -0.3 is 11.1 Å². The highest BCUT2D eigenvalue weighted by Crippen LogP contribution is 2.09. The predicted molar refractivity (Wildman–Crippen MR) is 95.0 cm³/mol. The molecule has 0 spiro atoms. The Labute approximate surface area is 143 Å². The molecule has 0 aliphatic heterocycles. The molecule has 0 bridgehead atoms. The first kappa shape index (κ1) is 19.2. The van der Waals surface area contributed by atoms with E-state index in [-0.39, 0.29) is 24.2 Å². The molecule has 6 heteroatoms. The second-order valence-corrected chi connectivity index (χ2v) is 5.83. The molecule has 5 nitrogen and oxygen atoms in total. The fourth-order valence-corrected chi connectivity index (χ4v) is 2.22. The quantitative estimate of drug-likeness (QED) is 0.850. The molecule has 2 aromatic rings. The Balaban J connectivity index is 0.00000264. The number of carbonyl (C=O) groups is 1. The topological polar surface area (TPSA) is 72.9 Å². The number of hydrogen-bond acceptors (Lipinski definition) is 3. The number of hydrogen-bond donors (Lipinski definition) is 2. The van der Waals surface area contributed by atoms with Crippen molar-refractivity contribution >= 4 is 18.3 Å². The van der Waals surface area contributed by atoms with Gasteiger partial charge in [0, 0.05) is 17.8 Å². The van der Waals surface area contributed by atoms with E-state index >= 15 is 0 Å². The SMILES string of the molecule is Cc1cc(C)n(Cc2ccc(C(=O)NCC(C)CN)cc2)n1.Cl. The van der Waals surface area contributed by atoms with Gasteiger partial charge in [-0.05, 0) is 50.1 Å². The van der Waals surface area contributed by atoms with E-state index in [0.29, 0.717) is 25.2 Å². The lowest BCUT2D eigenvalue weighted by molar-refractivity contribution is 0.0948. The van der Waals surface area contributed by atoms with Crippen molar-refractivity contribution in [2.75, 3.05) is 13.1 Å². The van der Waals surface area contributed by atoms with Gasteiger partial charge in [0.15, 0.2) is 0 Å². The molecule has 126 valence electrons. The maximum Gasteiger partial charge on any atom is 0.251 e. The van der Waals surface area contributed by atoms with E-state index in [1.54, 1.807) is 0 Å². The van der Waals surface area contributed by atoms with Gasteiger partial charge in [0.2, 0.25) is 0 Å². The van der Waals surface area contributed by atoms with E-state index in [1.807, 2.05) is 49.7 Å². The van der Waals surface area contributed by atoms with Crippen LogP contribution in [0, 0.1) is 19.8 Å². The molecule has 2 rings (SSSR count). The summed E-state index contributed by atoms with van der Waals surface area (Å²) < 4.78 is 1.97. The lowest BCUT2D eigenvalue weighted by Crippen LogP contribution is -2.31. The van der Waals surface area contributed by atoms with Crippen LogP contribution in [-0.4, -0.2) is 28.8 Å². The molecule has 1 heterocycles. The van der Waals surface area contributed by atoms with Gasteiger partial charge in [-0.2, -0.15) is 5.10 Å². The third-order valence-electron chi connectivity index (χ3n) is 3.67. The minimum Gasteiger partial charge on any atom is -0.352 e. The van der Waals surface area contributed by atoms with Crippen LogP contribution in [0.5, 0.6) is 0 Å². The highest BCUT2D eigenvalue weighted by molar-refractivity contribution is 5.94. The fraction of sp³-hybridized carbons (Fsp3) is 0.412. The predicted octanol–water partition coefficient (Wildman–Crippen LogP) is 2.29. The number of rotatable bonds is 6. The smallest absolute Gasteiger partial charge is 0.251 e. The average Bonchev–Trinajstić information content (AvgIpc) is 2.82. The number of nitrogens with one attached hydrogen (secondary N) is 1. The maximum absolute atomic E-state index is 12.0. The third kappa shape index (κ3) is 5.37. The Morgan fingerprint density at radius 2 is 1.96 bits per heavy atom. The summed E-state index contributed by atoms with van der Waals surface area (Å²) in [6.45, 7) is 7.92. The fourth-order valence-electron chi connectivity index (χ4n) is 2.22. The van der Waals surface area contributed by atoms with E-state index in [1.165, 1.54) is 0 Å². The minimum atomic E-state index is -0.0574. The molecule has 0 aliphatic rings. The standard InChI is InChI=1S/C17H24N4O.ClH/c1-12(9-18)10-19-17(22)16-6-4-15(5-7-16)11-21-14(3)8-13(2)20-21;/h4-8,12H,9-11,18H2,1-3H3,(H,19,22);1H. The molecular formula is C17H25ClN4O. The number of nitrogens with two attached hydrogens (primary N) is 1. The summed E-state index contributed by atoms with van der Waals surface area (Å²) >= 11 is 0. The van der Waals surface area contributed by atoms with Crippen LogP contribution in [0.3, 0.4) is 0 Å². The van der Waals surface area contributed by atoms with Crippen LogP contribution in [0.4, 0.5) is 0 Å². The molecule has 0 saturated carbocycles. The van der Waals surface area contributed by atoms with Crippen LogP contribution in [0.15, 0.2) is 30.3 Å². The summed E-state index contributed by atoms with van der Waals surface area (Å²) in [7, 11) is 0.